The van der Waals surface area contributed by atoms with Gasteiger partial charge in [0.05, 0.1) is 4.91 Å². The summed E-state index contributed by atoms with van der Waals surface area (Å²) >= 11 is 0. The normalized spacial score (nSPS) is 20.4. The molecular weight excluding hydrogens is 338 g/mol. The highest BCUT2D eigenvalue weighted by molar-refractivity contribution is 7.93. The molecule has 0 atom stereocenters. The van der Waals surface area contributed by atoms with E-state index in [0.717, 1.165) is 21.2 Å². The lowest BCUT2D eigenvalue weighted by Crippen LogP contribution is -2.23. The van der Waals surface area contributed by atoms with Crippen LogP contribution in [0.15, 0.2) is 17.0 Å². The van der Waals surface area contributed by atoms with Gasteiger partial charge in [-0.1, -0.05) is 46.0 Å². The van der Waals surface area contributed by atoms with Crippen molar-refractivity contribution in [3.63, 3.8) is 0 Å². The molecule has 1 aliphatic heterocycles. The topological polar surface area (TPSA) is 66.8 Å². The van der Waals surface area contributed by atoms with E-state index in [1.165, 1.54) is 0 Å². The van der Waals surface area contributed by atoms with E-state index in [-0.39, 0.29) is 34.6 Å². The van der Waals surface area contributed by atoms with Crippen LogP contribution < -0.4 is 0 Å². The summed E-state index contributed by atoms with van der Waals surface area (Å²) in [6.07, 6.45) is 1.65. The third kappa shape index (κ3) is 3.91. The SMILES string of the molecule is CCN1OC/C(=C/c2cc(C(C)(C)C)c(O)c(C(C)(C)C)c2)S1(=O)=O. The van der Waals surface area contributed by atoms with Gasteiger partial charge in [-0.05, 0) is 41.5 Å². The van der Waals surface area contributed by atoms with Crippen molar-refractivity contribution in [1.82, 2.24) is 4.47 Å². The van der Waals surface area contributed by atoms with E-state index in [0.29, 0.717) is 0 Å². The number of aromatic hydroxyl groups is 1. The van der Waals surface area contributed by atoms with Crippen LogP contribution in [0.25, 0.3) is 6.08 Å². The molecule has 1 aliphatic rings. The molecule has 0 aromatic heterocycles. The molecule has 0 amide bonds. The summed E-state index contributed by atoms with van der Waals surface area (Å²) in [6, 6.07) is 3.73. The zero-order valence-electron chi connectivity index (χ0n) is 16.2. The first-order valence-electron chi connectivity index (χ1n) is 8.52. The predicted octanol–water partition coefficient (Wildman–Crippen LogP) is 3.93. The quantitative estimate of drug-likeness (QED) is 0.860. The fraction of sp³-hybridized carbons (Fsp3) is 0.579. The zero-order valence-corrected chi connectivity index (χ0v) is 17.0. The molecular formula is C19H29NO4S. The van der Waals surface area contributed by atoms with E-state index in [1.54, 1.807) is 13.0 Å². The Morgan fingerprint density at radius 3 is 1.96 bits per heavy atom. The van der Waals surface area contributed by atoms with Gasteiger partial charge in [-0.15, -0.1) is 0 Å². The van der Waals surface area contributed by atoms with Crippen LogP contribution in [-0.4, -0.2) is 31.1 Å². The number of phenolic OH excluding ortho intramolecular Hbond substituents is 1. The van der Waals surface area contributed by atoms with Crippen LogP contribution in [0.1, 0.15) is 65.2 Å². The Labute approximate surface area is 151 Å². The lowest BCUT2D eigenvalue weighted by atomic mass is 9.78. The van der Waals surface area contributed by atoms with Gasteiger partial charge in [0.1, 0.15) is 12.4 Å². The highest BCUT2D eigenvalue weighted by atomic mass is 32.2. The second kappa shape index (κ2) is 6.41. The summed E-state index contributed by atoms with van der Waals surface area (Å²) in [4.78, 5) is 5.48. The van der Waals surface area contributed by atoms with Crippen molar-refractivity contribution >= 4 is 16.1 Å². The Bertz CT molecular complexity index is 761. The van der Waals surface area contributed by atoms with Gasteiger partial charge in [-0.2, -0.15) is 0 Å². The van der Waals surface area contributed by atoms with E-state index in [9.17, 15) is 13.5 Å². The third-order valence-electron chi connectivity index (χ3n) is 4.28. The molecule has 1 saturated heterocycles. The van der Waals surface area contributed by atoms with Gasteiger partial charge in [0.25, 0.3) is 10.0 Å². The standard InChI is InChI=1S/C19H29NO4S/c1-8-20-24-12-14(25(20,22)23)9-13-10-15(18(2,3)4)17(21)16(11-13)19(5,6)7/h9-11,21H,8,12H2,1-7H3/b14-9-. The number of hydrogen-bond donors (Lipinski definition) is 1. The van der Waals surface area contributed by atoms with Crippen molar-refractivity contribution in [1.29, 1.82) is 0 Å². The Balaban J connectivity index is 2.66. The minimum atomic E-state index is -3.57. The molecule has 0 bridgehead atoms. The van der Waals surface area contributed by atoms with Crippen LogP contribution in [0.3, 0.4) is 0 Å². The Morgan fingerprint density at radius 1 is 1.12 bits per heavy atom. The highest BCUT2D eigenvalue weighted by Crippen LogP contribution is 2.40. The van der Waals surface area contributed by atoms with Gasteiger partial charge >= 0.3 is 0 Å². The molecule has 5 nitrogen and oxygen atoms in total. The van der Waals surface area contributed by atoms with Gasteiger partial charge in [0, 0.05) is 17.7 Å². The smallest absolute Gasteiger partial charge is 0.263 e. The van der Waals surface area contributed by atoms with Crippen LogP contribution >= 0.6 is 0 Å². The molecule has 6 heteroatoms. The van der Waals surface area contributed by atoms with E-state index in [2.05, 4.69) is 0 Å². The molecule has 0 aliphatic carbocycles. The van der Waals surface area contributed by atoms with Crippen molar-refractivity contribution in [3.8, 4) is 5.75 Å². The van der Waals surface area contributed by atoms with Crippen LogP contribution in [0.4, 0.5) is 0 Å². The molecule has 0 spiro atoms. The average Bonchev–Trinajstić information content (AvgIpc) is 2.72. The van der Waals surface area contributed by atoms with Gasteiger partial charge in [0.2, 0.25) is 0 Å². The number of rotatable bonds is 2. The van der Waals surface area contributed by atoms with E-state index in [1.807, 2.05) is 53.7 Å². The number of phenols is 1. The Kier molecular flexibility index (Phi) is 5.12. The molecule has 0 radical (unpaired) electrons. The van der Waals surface area contributed by atoms with E-state index < -0.39 is 10.0 Å². The Hall–Kier alpha value is -1.37. The molecule has 1 heterocycles. The molecule has 1 N–H and O–H groups in total. The second-order valence-electron chi connectivity index (χ2n) is 8.47. The number of hydrogen-bond acceptors (Lipinski definition) is 4. The maximum Gasteiger partial charge on any atom is 0.263 e. The summed E-state index contributed by atoms with van der Waals surface area (Å²) in [6.45, 7) is 14.2. The molecule has 0 unspecified atom stereocenters. The average molecular weight is 368 g/mol. The summed E-state index contributed by atoms with van der Waals surface area (Å²) in [7, 11) is -3.57. The van der Waals surface area contributed by atoms with Gasteiger partial charge in [-0.3, -0.25) is 4.84 Å². The van der Waals surface area contributed by atoms with Gasteiger partial charge in [-0.25, -0.2) is 8.42 Å². The summed E-state index contributed by atoms with van der Waals surface area (Å²) in [5.41, 5.74) is 1.83. The lowest BCUT2D eigenvalue weighted by molar-refractivity contribution is -0.0505. The molecule has 1 fully saturated rings. The molecule has 25 heavy (non-hydrogen) atoms. The number of sulfonamides is 1. The lowest BCUT2D eigenvalue weighted by Gasteiger charge is -2.28. The van der Waals surface area contributed by atoms with Crippen molar-refractivity contribution in [2.45, 2.75) is 59.3 Å². The van der Waals surface area contributed by atoms with Crippen molar-refractivity contribution in [3.05, 3.63) is 33.7 Å². The molecule has 140 valence electrons. The van der Waals surface area contributed by atoms with Crippen molar-refractivity contribution in [2.75, 3.05) is 13.2 Å². The molecule has 0 saturated carbocycles. The fourth-order valence-electron chi connectivity index (χ4n) is 2.86. The summed E-state index contributed by atoms with van der Waals surface area (Å²) < 4.78 is 25.9. The minimum absolute atomic E-state index is 0.0345. The van der Waals surface area contributed by atoms with Crippen LogP contribution in [-0.2, 0) is 25.7 Å². The summed E-state index contributed by atoms with van der Waals surface area (Å²) in [5.74, 6) is 0.280. The maximum absolute atomic E-state index is 12.4. The number of hydroxylamine groups is 1. The number of benzene rings is 1. The minimum Gasteiger partial charge on any atom is -0.507 e. The van der Waals surface area contributed by atoms with E-state index in [4.69, 9.17) is 4.84 Å². The Morgan fingerprint density at radius 2 is 1.60 bits per heavy atom. The maximum atomic E-state index is 12.4. The first kappa shape index (κ1) is 19.9. The van der Waals surface area contributed by atoms with Gasteiger partial charge < -0.3 is 5.11 Å². The van der Waals surface area contributed by atoms with Crippen LogP contribution in [0.5, 0.6) is 5.75 Å². The first-order valence-corrected chi connectivity index (χ1v) is 9.96. The monoisotopic (exact) mass is 367 g/mol. The zero-order chi connectivity index (χ0) is 19.2. The summed E-state index contributed by atoms with van der Waals surface area (Å²) in [5, 5.41) is 10.8. The highest BCUT2D eigenvalue weighted by Gasteiger charge is 2.34. The van der Waals surface area contributed by atoms with Gasteiger partial charge in [0.15, 0.2) is 0 Å². The van der Waals surface area contributed by atoms with Crippen LogP contribution in [0.2, 0.25) is 0 Å². The predicted molar refractivity (Wildman–Crippen MR) is 101 cm³/mol. The number of nitrogens with zero attached hydrogens (tertiary/aromatic N) is 1. The molecule has 1 aromatic rings. The fourth-order valence-corrected chi connectivity index (χ4v) is 4.14. The molecule has 2 rings (SSSR count). The third-order valence-corrected chi connectivity index (χ3v) is 6.08. The second-order valence-corrected chi connectivity index (χ2v) is 10.4. The largest absolute Gasteiger partial charge is 0.507 e. The van der Waals surface area contributed by atoms with E-state index >= 15 is 0 Å². The first-order chi connectivity index (χ1) is 11.3. The van der Waals surface area contributed by atoms with Crippen molar-refractivity contribution < 1.29 is 18.4 Å². The van der Waals surface area contributed by atoms with Crippen molar-refractivity contribution in [2.24, 2.45) is 0 Å². The van der Waals surface area contributed by atoms with Crippen LogP contribution in [0, 0.1) is 0 Å². The molecule has 1 aromatic carbocycles.